The minimum atomic E-state index is 0.165. The van der Waals surface area contributed by atoms with Crippen molar-refractivity contribution in [3.8, 4) is 17.2 Å². The van der Waals surface area contributed by atoms with Crippen molar-refractivity contribution in [3.05, 3.63) is 83.4 Å². The lowest BCUT2D eigenvalue weighted by molar-refractivity contribution is 0.204. The minimum Gasteiger partial charge on any atom is -0.493 e. The monoisotopic (exact) mass is 401 g/mol. The number of benzene rings is 3. The maximum Gasteiger partial charge on any atom is 0.161 e. The molecule has 3 aromatic rings. The summed E-state index contributed by atoms with van der Waals surface area (Å²) in [5, 5.41) is 0. The first kappa shape index (κ1) is 18.9. The van der Waals surface area contributed by atoms with Crippen LogP contribution >= 0.6 is 0 Å². The van der Waals surface area contributed by atoms with Crippen molar-refractivity contribution in [2.45, 2.75) is 25.4 Å². The Kier molecular flexibility index (Phi) is 5.22. The van der Waals surface area contributed by atoms with Gasteiger partial charge in [0, 0.05) is 19.4 Å². The molecule has 0 saturated heterocycles. The molecule has 4 nitrogen and oxygen atoms in total. The first-order valence-electron chi connectivity index (χ1n) is 10.7. The van der Waals surface area contributed by atoms with Crippen LogP contribution in [-0.4, -0.2) is 32.9 Å². The molecular formula is C26H27NO3. The molecule has 0 aromatic heterocycles. The van der Waals surface area contributed by atoms with Crippen molar-refractivity contribution in [2.75, 3.05) is 31.7 Å². The number of ether oxygens (including phenoxy) is 3. The number of rotatable bonds is 6. The summed E-state index contributed by atoms with van der Waals surface area (Å²) in [5.74, 6) is 2.62. The summed E-state index contributed by atoms with van der Waals surface area (Å²) in [6.07, 6.45) is 3.01. The van der Waals surface area contributed by atoms with E-state index in [1.807, 2.05) is 18.2 Å². The van der Waals surface area contributed by atoms with Gasteiger partial charge in [-0.25, -0.2) is 0 Å². The third-order valence-electron chi connectivity index (χ3n) is 6.03. The molecule has 1 heterocycles. The number of nitrogens with zero attached hydrogens (tertiary/aromatic N) is 1. The van der Waals surface area contributed by atoms with E-state index in [0.717, 1.165) is 56.2 Å². The second-order valence-corrected chi connectivity index (χ2v) is 7.96. The first-order valence-corrected chi connectivity index (χ1v) is 10.7. The fraction of sp³-hybridized carbons (Fsp3) is 0.308. The first-order chi connectivity index (χ1) is 14.8. The molecule has 0 fully saturated rings. The Bertz CT molecular complexity index is 1010. The lowest BCUT2D eigenvalue weighted by atomic mass is 10.1. The average molecular weight is 402 g/mol. The van der Waals surface area contributed by atoms with E-state index < -0.39 is 0 Å². The summed E-state index contributed by atoms with van der Waals surface area (Å²) in [4.78, 5) is 2.40. The summed E-state index contributed by atoms with van der Waals surface area (Å²) >= 11 is 0. The Morgan fingerprint density at radius 2 is 1.70 bits per heavy atom. The maximum atomic E-state index is 6.41. The van der Waals surface area contributed by atoms with Crippen LogP contribution in [0.4, 0.5) is 5.69 Å². The highest BCUT2D eigenvalue weighted by Crippen LogP contribution is 2.34. The average Bonchev–Trinajstić information content (AvgIpc) is 3.20. The smallest absolute Gasteiger partial charge is 0.161 e. The molecular weight excluding hydrogens is 374 g/mol. The van der Waals surface area contributed by atoms with Gasteiger partial charge < -0.3 is 19.1 Å². The van der Waals surface area contributed by atoms with Gasteiger partial charge in [0.05, 0.1) is 19.3 Å². The second-order valence-electron chi connectivity index (χ2n) is 7.96. The van der Waals surface area contributed by atoms with E-state index in [0.29, 0.717) is 0 Å². The zero-order chi connectivity index (χ0) is 20.3. The lowest BCUT2D eigenvalue weighted by Crippen LogP contribution is -2.34. The normalized spacial score (nSPS) is 15.3. The van der Waals surface area contributed by atoms with Crippen LogP contribution in [0.25, 0.3) is 0 Å². The predicted octanol–water partition coefficient (Wildman–Crippen LogP) is 4.68. The highest BCUT2D eigenvalue weighted by molar-refractivity contribution is 5.59. The molecule has 4 heteroatoms. The van der Waals surface area contributed by atoms with Gasteiger partial charge in [-0.2, -0.15) is 0 Å². The Hall–Kier alpha value is -3.14. The molecule has 1 aliphatic carbocycles. The molecule has 1 aliphatic heterocycles. The van der Waals surface area contributed by atoms with Crippen molar-refractivity contribution in [1.82, 2.24) is 0 Å². The van der Waals surface area contributed by atoms with Crippen LogP contribution < -0.4 is 19.1 Å². The van der Waals surface area contributed by atoms with Crippen LogP contribution in [0.2, 0.25) is 0 Å². The lowest BCUT2D eigenvalue weighted by Gasteiger charge is -2.31. The van der Waals surface area contributed by atoms with Gasteiger partial charge >= 0.3 is 0 Å². The summed E-state index contributed by atoms with van der Waals surface area (Å²) in [6.45, 7) is 2.59. The van der Waals surface area contributed by atoms with Crippen LogP contribution in [0.1, 0.15) is 16.7 Å². The fourth-order valence-electron chi connectivity index (χ4n) is 4.47. The van der Waals surface area contributed by atoms with Crippen molar-refractivity contribution >= 4 is 5.69 Å². The topological polar surface area (TPSA) is 30.9 Å². The van der Waals surface area contributed by atoms with Crippen LogP contribution in [0.5, 0.6) is 17.2 Å². The molecule has 0 N–H and O–H groups in total. The van der Waals surface area contributed by atoms with Gasteiger partial charge in [-0.1, -0.05) is 42.5 Å². The van der Waals surface area contributed by atoms with Crippen molar-refractivity contribution < 1.29 is 14.2 Å². The third-order valence-corrected chi connectivity index (χ3v) is 6.03. The molecule has 5 rings (SSSR count). The number of anilines is 1. The van der Waals surface area contributed by atoms with Gasteiger partial charge in [0.2, 0.25) is 0 Å². The molecule has 0 saturated carbocycles. The Labute approximate surface area is 178 Å². The van der Waals surface area contributed by atoms with E-state index in [1.165, 1.54) is 22.4 Å². The SMILES string of the molecule is COc1ccc(CCN2CCOc3ccccc32)cc1OC1Cc2ccccc2C1. The molecule has 154 valence electrons. The van der Waals surface area contributed by atoms with E-state index in [1.54, 1.807) is 7.11 Å². The quantitative estimate of drug-likeness (QED) is 0.600. The van der Waals surface area contributed by atoms with Crippen LogP contribution in [-0.2, 0) is 19.3 Å². The summed E-state index contributed by atoms with van der Waals surface area (Å²) in [6, 6.07) is 23.2. The summed E-state index contributed by atoms with van der Waals surface area (Å²) < 4.78 is 17.8. The van der Waals surface area contributed by atoms with Gasteiger partial charge in [0.1, 0.15) is 18.5 Å². The Balaban J connectivity index is 1.28. The van der Waals surface area contributed by atoms with Crippen molar-refractivity contribution in [3.63, 3.8) is 0 Å². The van der Waals surface area contributed by atoms with Crippen LogP contribution in [0.15, 0.2) is 66.7 Å². The van der Waals surface area contributed by atoms with Crippen molar-refractivity contribution in [1.29, 1.82) is 0 Å². The molecule has 2 aliphatic rings. The molecule has 0 bridgehead atoms. The number of fused-ring (bicyclic) bond motifs is 2. The summed E-state index contributed by atoms with van der Waals surface area (Å²) in [7, 11) is 1.70. The number of para-hydroxylation sites is 2. The minimum absolute atomic E-state index is 0.165. The number of methoxy groups -OCH3 is 1. The second kappa shape index (κ2) is 8.31. The molecule has 0 atom stereocenters. The van der Waals surface area contributed by atoms with Gasteiger partial charge in [0.25, 0.3) is 0 Å². The van der Waals surface area contributed by atoms with Gasteiger partial charge in [-0.15, -0.1) is 0 Å². The van der Waals surface area contributed by atoms with Crippen LogP contribution in [0.3, 0.4) is 0 Å². The molecule has 0 radical (unpaired) electrons. The molecule has 0 unspecified atom stereocenters. The summed E-state index contributed by atoms with van der Waals surface area (Å²) in [5.41, 5.74) is 5.22. The number of hydrogen-bond acceptors (Lipinski definition) is 4. The Morgan fingerprint density at radius 1 is 0.933 bits per heavy atom. The molecule has 30 heavy (non-hydrogen) atoms. The van der Waals surface area contributed by atoms with E-state index in [4.69, 9.17) is 14.2 Å². The highest BCUT2D eigenvalue weighted by Gasteiger charge is 2.24. The predicted molar refractivity (Wildman–Crippen MR) is 119 cm³/mol. The maximum absolute atomic E-state index is 6.41. The number of hydrogen-bond donors (Lipinski definition) is 0. The zero-order valence-electron chi connectivity index (χ0n) is 17.3. The molecule has 3 aromatic carbocycles. The van der Waals surface area contributed by atoms with E-state index in [2.05, 4.69) is 53.4 Å². The largest absolute Gasteiger partial charge is 0.493 e. The standard InChI is InChI=1S/C26H27NO3/c1-28-25-11-10-19(12-13-27-14-15-29-24-9-5-4-8-23(24)27)16-26(25)30-22-17-20-6-2-3-7-21(20)18-22/h2-11,16,22H,12-15,17-18H2,1H3. The fourth-order valence-corrected chi connectivity index (χ4v) is 4.47. The molecule has 0 amide bonds. The highest BCUT2D eigenvalue weighted by atomic mass is 16.5. The van der Waals surface area contributed by atoms with E-state index >= 15 is 0 Å². The third kappa shape index (κ3) is 3.82. The van der Waals surface area contributed by atoms with Gasteiger partial charge in [0.15, 0.2) is 11.5 Å². The van der Waals surface area contributed by atoms with Crippen LogP contribution in [0, 0.1) is 0 Å². The Morgan fingerprint density at radius 3 is 2.50 bits per heavy atom. The van der Waals surface area contributed by atoms with E-state index in [-0.39, 0.29) is 6.10 Å². The van der Waals surface area contributed by atoms with Crippen molar-refractivity contribution in [2.24, 2.45) is 0 Å². The van der Waals surface area contributed by atoms with Gasteiger partial charge in [-0.3, -0.25) is 0 Å². The molecule has 0 spiro atoms. The van der Waals surface area contributed by atoms with E-state index in [9.17, 15) is 0 Å². The zero-order valence-corrected chi connectivity index (χ0v) is 17.3. The van der Waals surface area contributed by atoms with Gasteiger partial charge in [-0.05, 0) is 47.4 Å².